The maximum atomic E-state index is 4.92. The molecule has 0 amide bonds. The van der Waals surface area contributed by atoms with E-state index in [2.05, 4.69) is 68.4 Å². The van der Waals surface area contributed by atoms with Gasteiger partial charge in [0.25, 0.3) is 0 Å². The lowest BCUT2D eigenvalue weighted by Gasteiger charge is -2.21. The molecule has 1 heterocycles. The molecule has 0 fully saturated rings. The lowest BCUT2D eigenvalue weighted by molar-refractivity contribution is 0.661. The Balaban J connectivity index is 1.40. The van der Waals surface area contributed by atoms with Crippen molar-refractivity contribution in [3.63, 3.8) is 0 Å². The Morgan fingerprint density at radius 2 is 1.00 bits per heavy atom. The van der Waals surface area contributed by atoms with Gasteiger partial charge in [0.2, 0.25) is 0 Å². The first-order valence-electron chi connectivity index (χ1n) is 12.6. The molecular formula is C34H25N3. The number of nitrogens with zero attached hydrogens (tertiary/aromatic N) is 3. The molecule has 5 aromatic carbocycles. The van der Waals surface area contributed by atoms with Gasteiger partial charge in [-0.3, -0.25) is 0 Å². The maximum Gasteiger partial charge on any atom is 0.164 e. The zero-order chi connectivity index (χ0) is 25.0. The Morgan fingerprint density at radius 3 is 1.65 bits per heavy atom. The topological polar surface area (TPSA) is 38.7 Å². The van der Waals surface area contributed by atoms with Gasteiger partial charge < -0.3 is 0 Å². The number of aromatic nitrogens is 3. The predicted molar refractivity (Wildman–Crippen MR) is 151 cm³/mol. The summed E-state index contributed by atoms with van der Waals surface area (Å²) in [5.74, 6) is 2.03. The molecule has 1 aliphatic rings. The highest BCUT2D eigenvalue weighted by Gasteiger charge is 2.35. The van der Waals surface area contributed by atoms with Crippen molar-refractivity contribution in [2.75, 3.05) is 0 Å². The third-order valence-electron chi connectivity index (χ3n) is 7.50. The van der Waals surface area contributed by atoms with Crippen LogP contribution in [0.5, 0.6) is 0 Å². The predicted octanol–water partition coefficient (Wildman–Crippen LogP) is 8.33. The molecule has 3 nitrogen and oxygen atoms in total. The fourth-order valence-electron chi connectivity index (χ4n) is 5.52. The number of rotatable bonds is 3. The van der Waals surface area contributed by atoms with Crippen molar-refractivity contribution in [1.29, 1.82) is 0 Å². The molecular weight excluding hydrogens is 450 g/mol. The molecule has 1 aliphatic carbocycles. The first-order valence-corrected chi connectivity index (χ1v) is 12.6. The highest BCUT2D eigenvalue weighted by molar-refractivity contribution is 5.95. The summed E-state index contributed by atoms with van der Waals surface area (Å²) in [4.78, 5) is 14.7. The first-order chi connectivity index (χ1) is 18.1. The fraction of sp³-hybridized carbons (Fsp3) is 0.0882. The van der Waals surface area contributed by atoms with Crippen LogP contribution in [0.1, 0.15) is 25.0 Å². The summed E-state index contributed by atoms with van der Waals surface area (Å²) in [5.41, 5.74) is 8.32. The van der Waals surface area contributed by atoms with Gasteiger partial charge in [-0.05, 0) is 51.2 Å². The maximum absolute atomic E-state index is 4.92. The average molecular weight is 476 g/mol. The van der Waals surface area contributed by atoms with Crippen molar-refractivity contribution in [3.05, 3.63) is 126 Å². The highest BCUT2D eigenvalue weighted by atomic mass is 15.0. The molecule has 7 rings (SSSR count). The molecule has 0 radical (unpaired) electrons. The molecule has 0 spiro atoms. The van der Waals surface area contributed by atoms with E-state index in [1.54, 1.807) is 0 Å². The Morgan fingerprint density at radius 1 is 0.432 bits per heavy atom. The van der Waals surface area contributed by atoms with Crippen LogP contribution in [-0.2, 0) is 5.41 Å². The van der Waals surface area contributed by atoms with Crippen molar-refractivity contribution in [1.82, 2.24) is 15.0 Å². The molecule has 0 bridgehead atoms. The molecule has 37 heavy (non-hydrogen) atoms. The highest BCUT2D eigenvalue weighted by Crippen LogP contribution is 2.49. The van der Waals surface area contributed by atoms with Crippen molar-refractivity contribution >= 4 is 10.8 Å². The molecule has 0 N–H and O–H groups in total. The van der Waals surface area contributed by atoms with E-state index in [1.807, 2.05) is 60.7 Å². The molecule has 0 atom stereocenters. The molecule has 0 aliphatic heterocycles. The van der Waals surface area contributed by atoms with Crippen LogP contribution in [0.3, 0.4) is 0 Å². The van der Waals surface area contributed by atoms with Crippen LogP contribution in [-0.4, -0.2) is 15.0 Å². The van der Waals surface area contributed by atoms with E-state index in [0.717, 1.165) is 16.7 Å². The fourth-order valence-corrected chi connectivity index (χ4v) is 5.52. The van der Waals surface area contributed by atoms with Crippen LogP contribution >= 0.6 is 0 Å². The van der Waals surface area contributed by atoms with Crippen molar-refractivity contribution in [2.24, 2.45) is 0 Å². The molecule has 0 saturated heterocycles. The SMILES string of the molecule is CC1(C)c2ccccc2-c2cc3ccc(-c4nc(-c5ccccc5)nc(-c5ccccc5)n4)cc3cc21. The Bertz CT molecular complexity index is 1730. The lowest BCUT2D eigenvalue weighted by atomic mass is 9.82. The Kier molecular flexibility index (Phi) is 4.80. The van der Waals surface area contributed by atoms with E-state index in [0.29, 0.717) is 17.5 Å². The summed E-state index contributed by atoms with van der Waals surface area (Å²) < 4.78 is 0. The second-order valence-electron chi connectivity index (χ2n) is 10.2. The van der Waals surface area contributed by atoms with Crippen molar-refractivity contribution in [3.8, 4) is 45.3 Å². The summed E-state index contributed by atoms with van der Waals surface area (Å²) in [6.07, 6.45) is 0. The number of fused-ring (bicyclic) bond motifs is 4. The lowest BCUT2D eigenvalue weighted by Crippen LogP contribution is -2.14. The van der Waals surface area contributed by atoms with E-state index in [1.165, 1.54) is 33.0 Å². The molecule has 1 aromatic heterocycles. The van der Waals surface area contributed by atoms with Crippen molar-refractivity contribution < 1.29 is 0 Å². The van der Waals surface area contributed by atoms with Gasteiger partial charge in [-0.2, -0.15) is 0 Å². The van der Waals surface area contributed by atoms with Gasteiger partial charge in [-0.1, -0.05) is 111 Å². The monoisotopic (exact) mass is 475 g/mol. The van der Waals surface area contributed by atoms with Gasteiger partial charge in [0.05, 0.1) is 0 Å². The first kappa shape index (κ1) is 21.6. The summed E-state index contributed by atoms with van der Waals surface area (Å²) in [7, 11) is 0. The zero-order valence-electron chi connectivity index (χ0n) is 20.8. The largest absolute Gasteiger partial charge is 0.208 e. The van der Waals surface area contributed by atoms with Crippen LogP contribution in [0.4, 0.5) is 0 Å². The molecule has 3 heteroatoms. The van der Waals surface area contributed by atoms with E-state index in [-0.39, 0.29) is 5.41 Å². The third kappa shape index (κ3) is 3.54. The molecule has 0 saturated carbocycles. The third-order valence-corrected chi connectivity index (χ3v) is 7.50. The summed E-state index contributed by atoms with van der Waals surface area (Å²) in [6, 6.07) is 40.2. The van der Waals surface area contributed by atoms with Gasteiger partial charge in [-0.25, -0.2) is 15.0 Å². The smallest absolute Gasteiger partial charge is 0.164 e. The standard InChI is InChI=1S/C34H25N3/c1-34(2)29-16-10-9-15-27(29)28-20-24-17-18-25(19-26(24)21-30(28)34)33-36-31(22-11-5-3-6-12-22)35-32(37-33)23-13-7-4-8-14-23/h3-21H,1-2H3. The molecule has 6 aromatic rings. The van der Waals surface area contributed by atoms with Gasteiger partial charge in [0, 0.05) is 22.1 Å². The number of benzene rings is 5. The van der Waals surface area contributed by atoms with E-state index in [4.69, 9.17) is 15.0 Å². The van der Waals surface area contributed by atoms with Crippen LogP contribution in [0.15, 0.2) is 115 Å². The van der Waals surface area contributed by atoms with E-state index in [9.17, 15) is 0 Å². The number of hydrogen-bond acceptors (Lipinski definition) is 3. The average Bonchev–Trinajstić information content (AvgIpc) is 3.18. The minimum absolute atomic E-state index is 0.0375. The van der Waals surface area contributed by atoms with Crippen LogP contribution < -0.4 is 0 Å². The normalized spacial score (nSPS) is 13.4. The summed E-state index contributed by atoms with van der Waals surface area (Å²) >= 11 is 0. The zero-order valence-corrected chi connectivity index (χ0v) is 20.8. The number of hydrogen-bond donors (Lipinski definition) is 0. The summed E-state index contributed by atoms with van der Waals surface area (Å²) in [6.45, 7) is 4.63. The van der Waals surface area contributed by atoms with Gasteiger partial charge in [-0.15, -0.1) is 0 Å². The second-order valence-corrected chi connectivity index (χ2v) is 10.2. The second kappa shape index (κ2) is 8.21. The van der Waals surface area contributed by atoms with E-state index < -0.39 is 0 Å². The minimum Gasteiger partial charge on any atom is -0.208 e. The minimum atomic E-state index is -0.0375. The van der Waals surface area contributed by atoms with Gasteiger partial charge in [0.1, 0.15) is 0 Å². The van der Waals surface area contributed by atoms with Crippen LogP contribution in [0, 0.1) is 0 Å². The Labute approximate surface area is 216 Å². The van der Waals surface area contributed by atoms with Gasteiger partial charge in [0.15, 0.2) is 17.5 Å². The quantitative estimate of drug-likeness (QED) is 0.258. The molecule has 0 unspecified atom stereocenters. The molecule has 176 valence electrons. The van der Waals surface area contributed by atoms with Gasteiger partial charge >= 0.3 is 0 Å². The van der Waals surface area contributed by atoms with E-state index >= 15 is 0 Å². The van der Waals surface area contributed by atoms with Crippen molar-refractivity contribution in [2.45, 2.75) is 19.3 Å². The summed E-state index contributed by atoms with van der Waals surface area (Å²) in [5, 5.41) is 2.41. The Hall–Kier alpha value is -4.63. The van der Waals surface area contributed by atoms with Crippen LogP contribution in [0.25, 0.3) is 56.1 Å². The van der Waals surface area contributed by atoms with Crippen LogP contribution in [0.2, 0.25) is 0 Å².